The first kappa shape index (κ1) is 25.6. The van der Waals surface area contributed by atoms with Gasteiger partial charge < -0.3 is 10.2 Å². The molecule has 0 atom stereocenters. The summed E-state index contributed by atoms with van der Waals surface area (Å²) in [6, 6.07) is 8.02. The molecule has 2 aromatic rings. The van der Waals surface area contributed by atoms with E-state index in [-0.39, 0.29) is 23.8 Å². The number of nitrogens with one attached hydrogen (secondary N) is 1. The van der Waals surface area contributed by atoms with Crippen molar-refractivity contribution in [3.63, 3.8) is 0 Å². The first-order chi connectivity index (χ1) is 15.1. The summed E-state index contributed by atoms with van der Waals surface area (Å²) in [5, 5.41) is 7.86. The molecule has 32 heavy (non-hydrogen) atoms. The van der Waals surface area contributed by atoms with Crippen LogP contribution in [-0.2, 0) is 15.0 Å². The van der Waals surface area contributed by atoms with E-state index in [1.807, 2.05) is 29.8 Å². The van der Waals surface area contributed by atoms with Crippen molar-refractivity contribution < 1.29 is 9.59 Å². The van der Waals surface area contributed by atoms with E-state index in [1.165, 1.54) is 5.56 Å². The van der Waals surface area contributed by atoms with E-state index >= 15 is 0 Å². The van der Waals surface area contributed by atoms with Crippen molar-refractivity contribution in [2.45, 2.75) is 86.0 Å². The van der Waals surface area contributed by atoms with Gasteiger partial charge in [-0.1, -0.05) is 59.6 Å². The lowest BCUT2D eigenvalue weighted by Crippen LogP contribution is -2.38. The van der Waals surface area contributed by atoms with Crippen LogP contribution < -0.4 is 5.32 Å². The van der Waals surface area contributed by atoms with Crippen LogP contribution in [0.3, 0.4) is 0 Å². The molecule has 0 fully saturated rings. The third-order valence-electron chi connectivity index (χ3n) is 5.72. The van der Waals surface area contributed by atoms with Gasteiger partial charge in [0, 0.05) is 24.4 Å². The van der Waals surface area contributed by atoms with Gasteiger partial charge in [0.15, 0.2) is 0 Å². The third kappa shape index (κ3) is 6.68. The Bertz CT molecular complexity index is 924. The number of anilines is 1. The van der Waals surface area contributed by atoms with Gasteiger partial charge in [-0.2, -0.15) is 5.10 Å². The Morgan fingerprint density at radius 2 is 1.81 bits per heavy atom. The van der Waals surface area contributed by atoms with E-state index in [0.717, 1.165) is 42.6 Å². The number of rotatable bonds is 10. The maximum absolute atomic E-state index is 13.0. The molecule has 0 aliphatic carbocycles. The number of hydrogen-bond donors (Lipinski definition) is 1. The Hall–Kier alpha value is -2.63. The van der Waals surface area contributed by atoms with Gasteiger partial charge in [-0.3, -0.25) is 9.59 Å². The Morgan fingerprint density at radius 1 is 1.09 bits per heavy atom. The van der Waals surface area contributed by atoms with Crippen LogP contribution in [0.5, 0.6) is 0 Å². The lowest BCUT2D eigenvalue weighted by atomic mass is 9.92. The first-order valence-electron chi connectivity index (χ1n) is 11.8. The van der Waals surface area contributed by atoms with E-state index in [2.05, 4.69) is 52.9 Å². The smallest absolute Gasteiger partial charge is 0.245 e. The van der Waals surface area contributed by atoms with Crippen molar-refractivity contribution >= 4 is 17.6 Å². The summed E-state index contributed by atoms with van der Waals surface area (Å²) in [6.07, 6.45) is 4.28. The number of carbonyl (C=O) groups excluding carboxylic acids is 2. The lowest BCUT2D eigenvalue weighted by Gasteiger charge is -2.22. The highest BCUT2D eigenvalue weighted by Gasteiger charge is 2.23. The fourth-order valence-corrected chi connectivity index (χ4v) is 3.59. The van der Waals surface area contributed by atoms with Gasteiger partial charge in [0.05, 0.1) is 17.9 Å². The monoisotopic (exact) mass is 440 g/mol. The van der Waals surface area contributed by atoms with Gasteiger partial charge >= 0.3 is 0 Å². The highest BCUT2D eigenvalue weighted by Crippen LogP contribution is 2.28. The number of unbranched alkanes of at least 4 members (excludes halogenated alkanes) is 2. The van der Waals surface area contributed by atoms with Crippen molar-refractivity contribution in [2.75, 3.05) is 18.4 Å². The van der Waals surface area contributed by atoms with Crippen LogP contribution in [0.25, 0.3) is 5.69 Å². The van der Waals surface area contributed by atoms with Crippen LogP contribution in [0.15, 0.2) is 24.3 Å². The van der Waals surface area contributed by atoms with E-state index in [0.29, 0.717) is 18.8 Å². The molecule has 0 saturated carbocycles. The van der Waals surface area contributed by atoms with Crippen LogP contribution in [0.2, 0.25) is 0 Å². The zero-order chi connectivity index (χ0) is 23.9. The molecule has 176 valence electrons. The van der Waals surface area contributed by atoms with Crippen LogP contribution in [0, 0.1) is 13.8 Å². The molecule has 1 aromatic carbocycles. The highest BCUT2D eigenvalue weighted by molar-refractivity contribution is 5.94. The molecular formula is C26H40N4O2. The average molecular weight is 441 g/mol. The summed E-state index contributed by atoms with van der Waals surface area (Å²) in [5.74, 6) is 0.478. The highest BCUT2D eigenvalue weighted by atomic mass is 16.2. The van der Waals surface area contributed by atoms with Gasteiger partial charge in [-0.05, 0) is 43.9 Å². The minimum atomic E-state index is -0.200. The van der Waals surface area contributed by atoms with E-state index < -0.39 is 0 Å². The average Bonchev–Trinajstić information content (AvgIpc) is 3.13. The van der Waals surface area contributed by atoms with Crippen LogP contribution in [0.1, 0.15) is 83.5 Å². The Balaban J connectivity index is 2.28. The van der Waals surface area contributed by atoms with Gasteiger partial charge in [0.25, 0.3) is 0 Å². The van der Waals surface area contributed by atoms with Gasteiger partial charge in [0.2, 0.25) is 11.8 Å². The fourth-order valence-electron chi connectivity index (χ4n) is 3.59. The quantitative estimate of drug-likeness (QED) is 0.493. The summed E-state index contributed by atoms with van der Waals surface area (Å²) in [6.45, 7) is 15.2. The van der Waals surface area contributed by atoms with Gasteiger partial charge in [-0.15, -0.1) is 0 Å². The summed E-state index contributed by atoms with van der Waals surface area (Å²) < 4.78 is 1.81. The van der Waals surface area contributed by atoms with E-state index in [4.69, 9.17) is 5.10 Å². The number of hydrogen-bond acceptors (Lipinski definition) is 3. The van der Waals surface area contributed by atoms with Crippen LogP contribution >= 0.6 is 0 Å². The Morgan fingerprint density at radius 3 is 2.44 bits per heavy atom. The molecule has 0 aliphatic rings. The molecule has 0 spiro atoms. The van der Waals surface area contributed by atoms with Crippen molar-refractivity contribution in [1.29, 1.82) is 0 Å². The lowest BCUT2D eigenvalue weighted by molar-refractivity contribution is -0.134. The first-order valence-corrected chi connectivity index (χ1v) is 11.8. The molecule has 6 nitrogen and oxygen atoms in total. The van der Waals surface area contributed by atoms with Crippen LogP contribution in [-0.4, -0.2) is 39.6 Å². The molecule has 2 amide bonds. The third-order valence-corrected chi connectivity index (χ3v) is 5.72. The van der Waals surface area contributed by atoms with Crippen molar-refractivity contribution in [3.8, 4) is 5.69 Å². The normalized spacial score (nSPS) is 11.5. The maximum Gasteiger partial charge on any atom is 0.245 e. The van der Waals surface area contributed by atoms with Crippen molar-refractivity contribution in [3.05, 3.63) is 41.1 Å². The molecule has 0 unspecified atom stereocenters. The number of aryl methyl sites for hydroxylation is 1. The summed E-state index contributed by atoms with van der Waals surface area (Å²) in [7, 11) is 0. The van der Waals surface area contributed by atoms with E-state index in [9.17, 15) is 9.59 Å². The standard InChI is InChI=1S/C26H40N4O2/c1-8-10-11-15-25(32)29(16-9-2)18-24(31)27-23-17-22(26(5,6)7)28-30(23)21-14-12-13-19(3)20(21)4/h12-14,17H,8-11,15-16,18H2,1-7H3,(H,27,31). The summed E-state index contributed by atoms with van der Waals surface area (Å²) in [5.41, 5.74) is 3.96. The Labute approximate surface area is 193 Å². The minimum absolute atomic E-state index is 0.0499. The molecule has 1 heterocycles. The number of benzene rings is 1. The zero-order valence-electron chi connectivity index (χ0n) is 20.9. The van der Waals surface area contributed by atoms with Gasteiger partial charge in [0.1, 0.15) is 5.82 Å². The number of amides is 2. The summed E-state index contributed by atoms with van der Waals surface area (Å²) in [4.78, 5) is 27.3. The largest absolute Gasteiger partial charge is 0.333 e. The minimum Gasteiger partial charge on any atom is -0.333 e. The SMILES string of the molecule is CCCCCC(=O)N(CCC)CC(=O)Nc1cc(C(C)(C)C)nn1-c1cccc(C)c1C. The second-order valence-electron chi connectivity index (χ2n) is 9.62. The maximum atomic E-state index is 13.0. The predicted octanol–water partition coefficient (Wildman–Crippen LogP) is 5.54. The molecule has 2 rings (SSSR count). The predicted molar refractivity (Wildman–Crippen MR) is 131 cm³/mol. The molecule has 0 bridgehead atoms. The molecule has 0 aliphatic heterocycles. The molecule has 1 aromatic heterocycles. The van der Waals surface area contributed by atoms with Crippen molar-refractivity contribution in [2.24, 2.45) is 0 Å². The topological polar surface area (TPSA) is 67.2 Å². The number of aromatic nitrogens is 2. The molecule has 0 radical (unpaired) electrons. The van der Waals surface area contributed by atoms with Gasteiger partial charge in [-0.25, -0.2) is 4.68 Å². The summed E-state index contributed by atoms with van der Waals surface area (Å²) >= 11 is 0. The second-order valence-corrected chi connectivity index (χ2v) is 9.62. The fraction of sp³-hybridized carbons (Fsp3) is 0.577. The number of carbonyl (C=O) groups is 2. The van der Waals surface area contributed by atoms with E-state index in [1.54, 1.807) is 4.90 Å². The van der Waals surface area contributed by atoms with Crippen LogP contribution in [0.4, 0.5) is 5.82 Å². The molecule has 0 saturated heterocycles. The number of nitrogens with zero attached hydrogens (tertiary/aromatic N) is 3. The molecule has 6 heteroatoms. The molecular weight excluding hydrogens is 400 g/mol. The molecule has 1 N–H and O–H groups in total. The second kappa shape index (κ2) is 11.3. The zero-order valence-corrected chi connectivity index (χ0v) is 20.9. The van der Waals surface area contributed by atoms with Crippen molar-refractivity contribution in [1.82, 2.24) is 14.7 Å². The Kier molecular flexibility index (Phi) is 9.05.